The Kier molecular flexibility index (Phi) is 4.99. The highest BCUT2D eigenvalue weighted by Crippen LogP contribution is 2.51. The van der Waals surface area contributed by atoms with Gasteiger partial charge in [0, 0.05) is 18.6 Å². The lowest BCUT2D eigenvalue weighted by Gasteiger charge is -2.04. The lowest BCUT2D eigenvalue weighted by atomic mass is 10.0. The predicted octanol–water partition coefficient (Wildman–Crippen LogP) is 4.58. The quantitative estimate of drug-likeness (QED) is 0.585. The Bertz CT molecular complexity index is 626. The van der Waals surface area contributed by atoms with Gasteiger partial charge < -0.3 is 5.41 Å². The molecular weight excluding hydrogens is 263 g/mol. The number of benzene rings is 1. The van der Waals surface area contributed by atoms with E-state index in [9.17, 15) is 4.39 Å². The summed E-state index contributed by atoms with van der Waals surface area (Å²) in [6, 6.07) is 5.36. The summed E-state index contributed by atoms with van der Waals surface area (Å²) in [5.41, 5.74) is 2.56. The van der Waals surface area contributed by atoms with E-state index >= 15 is 0 Å². The van der Waals surface area contributed by atoms with Crippen LogP contribution in [-0.2, 0) is 0 Å². The second-order valence-corrected chi connectivity index (χ2v) is 5.16. The van der Waals surface area contributed by atoms with Gasteiger partial charge in [-0.25, -0.2) is 4.39 Å². The van der Waals surface area contributed by atoms with Gasteiger partial charge in [0.15, 0.2) is 0 Å². The molecule has 1 aromatic carbocycles. The molecule has 1 aromatic rings. The molecule has 0 bridgehead atoms. The summed E-state index contributed by atoms with van der Waals surface area (Å²) in [6.07, 6.45) is 10.7. The van der Waals surface area contributed by atoms with E-state index in [2.05, 4.69) is 11.6 Å². The molecule has 2 unspecified atom stereocenters. The summed E-state index contributed by atoms with van der Waals surface area (Å²) in [5, 5.41) is 7.50. The molecule has 2 atom stereocenters. The van der Waals surface area contributed by atoms with Crippen LogP contribution in [0.25, 0.3) is 0 Å². The molecule has 0 saturated heterocycles. The van der Waals surface area contributed by atoms with Gasteiger partial charge in [0.05, 0.1) is 0 Å². The number of allylic oxidation sites excluding steroid dienone is 4. The number of nitrogens with one attached hydrogen (secondary N) is 1. The standard InChI is InChI=1S/C18H19FN2/c1-3-4-8-21-9-7-14(12-20)16-11-17(16)15-6-5-13(2)10-18(15)19/h3-10,12,16-17,20H,1,11H2,2H3/b8-4-,14-7+,20-12?,21-9+. The molecular formula is C18H19FN2. The lowest BCUT2D eigenvalue weighted by molar-refractivity contribution is 0.607. The highest BCUT2D eigenvalue weighted by molar-refractivity contribution is 5.86. The van der Waals surface area contributed by atoms with Crippen molar-refractivity contribution in [3.05, 3.63) is 71.7 Å². The van der Waals surface area contributed by atoms with E-state index in [4.69, 9.17) is 5.41 Å². The summed E-state index contributed by atoms with van der Waals surface area (Å²) in [5.74, 6) is 0.250. The molecule has 21 heavy (non-hydrogen) atoms. The predicted molar refractivity (Wildman–Crippen MR) is 86.7 cm³/mol. The van der Waals surface area contributed by atoms with Gasteiger partial charge in [-0.05, 0) is 60.1 Å². The number of hydrogen-bond donors (Lipinski definition) is 1. The van der Waals surface area contributed by atoms with Crippen LogP contribution in [0.3, 0.4) is 0 Å². The average molecular weight is 282 g/mol. The fourth-order valence-electron chi connectivity index (χ4n) is 2.41. The van der Waals surface area contributed by atoms with E-state index in [0.29, 0.717) is 0 Å². The number of nitrogens with zero attached hydrogens (tertiary/aromatic N) is 1. The highest BCUT2D eigenvalue weighted by atomic mass is 19.1. The van der Waals surface area contributed by atoms with Gasteiger partial charge in [0.1, 0.15) is 5.82 Å². The molecule has 0 aromatic heterocycles. The van der Waals surface area contributed by atoms with E-state index in [1.807, 2.05) is 25.1 Å². The first-order chi connectivity index (χ1) is 10.2. The Morgan fingerprint density at radius 1 is 1.48 bits per heavy atom. The molecule has 2 rings (SSSR count). The number of rotatable bonds is 6. The number of aryl methyl sites for hydroxylation is 1. The third kappa shape index (κ3) is 3.85. The second-order valence-electron chi connectivity index (χ2n) is 5.16. The second kappa shape index (κ2) is 6.93. The molecule has 0 heterocycles. The van der Waals surface area contributed by atoms with Crippen molar-refractivity contribution >= 4 is 12.4 Å². The van der Waals surface area contributed by atoms with E-state index in [0.717, 1.165) is 23.1 Å². The lowest BCUT2D eigenvalue weighted by Crippen LogP contribution is -1.94. The van der Waals surface area contributed by atoms with Crippen LogP contribution in [-0.4, -0.2) is 12.4 Å². The topological polar surface area (TPSA) is 36.2 Å². The van der Waals surface area contributed by atoms with E-state index in [1.54, 1.807) is 30.6 Å². The van der Waals surface area contributed by atoms with Gasteiger partial charge in [-0.15, -0.1) is 0 Å². The molecule has 0 aliphatic heterocycles. The van der Waals surface area contributed by atoms with Crippen molar-refractivity contribution in [2.24, 2.45) is 10.9 Å². The van der Waals surface area contributed by atoms with Crippen LogP contribution in [0.2, 0.25) is 0 Å². The van der Waals surface area contributed by atoms with Gasteiger partial charge in [-0.2, -0.15) is 0 Å². The van der Waals surface area contributed by atoms with Crippen molar-refractivity contribution in [2.75, 3.05) is 0 Å². The van der Waals surface area contributed by atoms with Crippen LogP contribution in [0.5, 0.6) is 0 Å². The van der Waals surface area contributed by atoms with Crippen LogP contribution < -0.4 is 0 Å². The largest absolute Gasteiger partial charge is 0.308 e. The molecule has 1 aliphatic rings. The molecule has 2 nitrogen and oxygen atoms in total. The van der Waals surface area contributed by atoms with Crippen molar-refractivity contribution in [3.8, 4) is 0 Å². The normalized spacial score (nSPS) is 21.9. The zero-order valence-corrected chi connectivity index (χ0v) is 12.1. The third-order valence-electron chi connectivity index (χ3n) is 3.60. The smallest absolute Gasteiger partial charge is 0.126 e. The Hall–Kier alpha value is -2.29. The fourth-order valence-corrected chi connectivity index (χ4v) is 2.41. The first-order valence-electron chi connectivity index (χ1n) is 6.94. The van der Waals surface area contributed by atoms with Gasteiger partial charge in [-0.3, -0.25) is 4.99 Å². The minimum atomic E-state index is -0.144. The van der Waals surface area contributed by atoms with Crippen LogP contribution in [0.1, 0.15) is 23.5 Å². The van der Waals surface area contributed by atoms with Crippen LogP contribution >= 0.6 is 0 Å². The number of halogens is 1. The maximum atomic E-state index is 14.0. The molecule has 0 amide bonds. The number of aliphatic imine (C=N–C) groups is 1. The first kappa shape index (κ1) is 15.1. The molecule has 1 N–H and O–H groups in total. The van der Waals surface area contributed by atoms with Crippen molar-refractivity contribution in [1.82, 2.24) is 0 Å². The van der Waals surface area contributed by atoms with E-state index in [1.165, 1.54) is 6.21 Å². The minimum Gasteiger partial charge on any atom is -0.308 e. The first-order valence-corrected chi connectivity index (χ1v) is 6.94. The summed E-state index contributed by atoms with van der Waals surface area (Å²) in [7, 11) is 0. The summed E-state index contributed by atoms with van der Waals surface area (Å²) < 4.78 is 14.0. The zero-order chi connectivity index (χ0) is 15.2. The van der Waals surface area contributed by atoms with Gasteiger partial charge in [-0.1, -0.05) is 24.8 Å². The van der Waals surface area contributed by atoms with Gasteiger partial charge >= 0.3 is 0 Å². The number of hydrogen-bond acceptors (Lipinski definition) is 2. The Labute approximate surface area is 124 Å². The van der Waals surface area contributed by atoms with Crippen LogP contribution in [0.15, 0.2) is 59.8 Å². The Morgan fingerprint density at radius 3 is 2.95 bits per heavy atom. The fraction of sp³-hybridized carbons (Fsp3) is 0.222. The Balaban J connectivity index is 2.07. The van der Waals surface area contributed by atoms with Gasteiger partial charge in [0.25, 0.3) is 0 Å². The minimum absolute atomic E-state index is 0.144. The average Bonchev–Trinajstić information content (AvgIpc) is 3.23. The summed E-state index contributed by atoms with van der Waals surface area (Å²) in [4.78, 5) is 4.06. The zero-order valence-electron chi connectivity index (χ0n) is 12.1. The maximum absolute atomic E-state index is 14.0. The highest BCUT2D eigenvalue weighted by Gasteiger charge is 2.41. The molecule has 0 radical (unpaired) electrons. The van der Waals surface area contributed by atoms with Crippen molar-refractivity contribution < 1.29 is 4.39 Å². The van der Waals surface area contributed by atoms with Crippen molar-refractivity contribution in [1.29, 1.82) is 5.41 Å². The summed E-state index contributed by atoms with van der Waals surface area (Å²) in [6.45, 7) is 5.44. The van der Waals surface area contributed by atoms with Crippen molar-refractivity contribution in [3.63, 3.8) is 0 Å². The molecule has 1 aliphatic carbocycles. The summed E-state index contributed by atoms with van der Waals surface area (Å²) >= 11 is 0. The molecule has 0 spiro atoms. The van der Waals surface area contributed by atoms with E-state index in [-0.39, 0.29) is 17.7 Å². The third-order valence-corrected chi connectivity index (χ3v) is 3.60. The van der Waals surface area contributed by atoms with Gasteiger partial charge in [0.2, 0.25) is 0 Å². The maximum Gasteiger partial charge on any atom is 0.126 e. The molecule has 1 fully saturated rings. The molecule has 108 valence electrons. The van der Waals surface area contributed by atoms with Crippen LogP contribution in [0, 0.1) is 24.1 Å². The SMILES string of the molecule is C=C\C=C/N=C/C=C(\C=N)C1CC1c1ccc(C)cc1F. The van der Waals surface area contributed by atoms with E-state index < -0.39 is 0 Å². The molecule has 1 saturated carbocycles. The molecule has 3 heteroatoms. The van der Waals surface area contributed by atoms with Crippen molar-refractivity contribution in [2.45, 2.75) is 19.3 Å². The monoisotopic (exact) mass is 282 g/mol. The van der Waals surface area contributed by atoms with Crippen LogP contribution in [0.4, 0.5) is 4.39 Å². The Morgan fingerprint density at radius 2 is 2.29 bits per heavy atom.